The first-order valence-corrected chi connectivity index (χ1v) is 19.3. The van der Waals surface area contributed by atoms with Gasteiger partial charge in [0.2, 0.25) is 27.6 Å². The summed E-state index contributed by atoms with van der Waals surface area (Å²) in [6, 6.07) is 7.67. The molecule has 0 spiro atoms. The quantitative estimate of drug-likeness (QED) is 0.244. The molecule has 15 nitrogen and oxygen atoms in total. The maximum atomic E-state index is 14.4. The van der Waals surface area contributed by atoms with Crippen molar-refractivity contribution in [1.29, 1.82) is 0 Å². The molecule has 298 valence electrons. The van der Waals surface area contributed by atoms with Crippen molar-refractivity contribution in [2.75, 3.05) is 65.8 Å². The topological polar surface area (TPSA) is 171 Å². The van der Waals surface area contributed by atoms with E-state index in [1.165, 1.54) is 36.4 Å². The Balaban J connectivity index is 1.34. The fraction of sp³-hybridized carbons (Fsp3) is 0.528. The minimum atomic E-state index is -4.77. The van der Waals surface area contributed by atoms with Gasteiger partial charge < -0.3 is 24.1 Å². The van der Waals surface area contributed by atoms with Crippen LogP contribution in [0.5, 0.6) is 11.8 Å². The average molecular weight is 792 g/mol. The zero-order valence-corrected chi connectivity index (χ0v) is 31.8. The number of hydrogen-bond acceptors (Lipinski definition) is 12. The molecule has 0 aromatic carbocycles. The second kappa shape index (κ2) is 16.4. The summed E-state index contributed by atoms with van der Waals surface area (Å²) in [7, 11) is -4.27. The average Bonchev–Trinajstić information content (AvgIpc) is 3.58. The van der Waals surface area contributed by atoms with Crippen LogP contribution in [-0.2, 0) is 37.0 Å². The molecule has 1 N–H and O–H groups in total. The molecule has 1 saturated heterocycles. The van der Waals surface area contributed by atoms with Crippen molar-refractivity contribution in [3.8, 4) is 11.8 Å². The van der Waals surface area contributed by atoms with Gasteiger partial charge in [0, 0.05) is 56.7 Å². The van der Waals surface area contributed by atoms with Crippen LogP contribution in [0.4, 0.5) is 13.2 Å². The van der Waals surface area contributed by atoms with E-state index in [2.05, 4.69) is 20.1 Å². The number of aryl methyl sites for hydroxylation is 2. The van der Waals surface area contributed by atoms with Crippen molar-refractivity contribution in [1.82, 2.24) is 33.8 Å². The van der Waals surface area contributed by atoms with Crippen molar-refractivity contribution in [2.24, 2.45) is 5.41 Å². The van der Waals surface area contributed by atoms with Gasteiger partial charge in [0.1, 0.15) is 18.1 Å². The third-order valence-electron chi connectivity index (χ3n) is 9.89. The number of fused-ring (bicyclic) bond motifs is 2. The maximum absolute atomic E-state index is 14.4. The SMILES string of the molecule is Cc1ccc([C@H](c2ccn3c(C(F)(F)F)nnc3c2C)C(C)(C)C(=O)O)nc1CN1CCCOCCOc2nc(OCCN3CCOCC3)ccc2S1(=O)=O. The summed E-state index contributed by atoms with van der Waals surface area (Å²) in [5.41, 5.74) is 0.314. The van der Waals surface area contributed by atoms with Gasteiger partial charge in [0.05, 0.1) is 37.5 Å². The molecule has 55 heavy (non-hydrogen) atoms. The molecule has 0 aliphatic carbocycles. The summed E-state index contributed by atoms with van der Waals surface area (Å²) in [5, 5.41) is 17.5. The number of nitrogens with zero attached hydrogens (tertiary/aromatic N) is 7. The molecule has 0 unspecified atom stereocenters. The number of pyridine rings is 3. The van der Waals surface area contributed by atoms with Crippen molar-refractivity contribution in [3.63, 3.8) is 0 Å². The normalized spacial score (nSPS) is 18.2. The highest BCUT2D eigenvalue weighted by Crippen LogP contribution is 2.43. The number of aromatic nitrogens is 5. The van der Waals surface area contributed by atoms with Crippen LogP contribution in [0, 0.1) is 19.3 Å². The number of aliphatic carboxylic acids is 1. The van der Waals surface area contributed by atoms with Crippen LogP contribution in [0.3, 0.4) is 0 Å². The fourth-order valence-electron chi connectivity index (χ4n) is 6.68. The van der Waals surface area contributed by atoms with Gasteiger partial charge in [0.15, 0.2) is 5.65 Å². The van der Waals surface area contributed by atoms with Gasteiger partial charge in [-0.1, -0.05) is 6.07 Å². The van der Waals surface area contributed by atoms with Crippen LogP contribution in [0.1, 0.15) is 60.1 Å². The van der Waals surface area contributed by atoms with E-state index < -0.39 is 39.3 Å². The van der Waals surface area contributed by atoms with Crippen LogP contribution in [-0.4, -0.2) is 119 Å². The zero-order chi connectivity index (χ0) is 39.5. The Morgan fingerprint density at radius 1 is 0.964 bits per heavy atom. The van der Waals surface area contributed by atoms with Gasteiger partial charge in [-0.15, -0.1) is 10.2 Å². The summed E-state index contributed by atoms with van der Waals surface area (Å²) in [5.74, 6) is -3.31. The minimum absolute atomic E-state index is 0.0547. The molecule has 4 aromatic heterocycles. The molecule has 0 saturated carbocycles. The molecule has 1 atom stereocenters. The molecule has 19 heteroatoms. The number of sulfonamides is 1. The summed E-state index contributed by atoms with van der Waals surface area (Å²) in [6.45, 7) is 10.6. The van der Waals surface area contributed by atoms with Gasteiger partial charge >= 0.3 is 12.1 Å². The van der Waals surface area contributed by atoms with Crippen LogP contribution in [0.15, 0.2) is 41.4 Å². The first kappa shape index (κ1) is 40.2. The number of morpholine rings is 1. The number of carboxylic acids is 1. The number of carbonyl (C=O) groups is 1. The summed E-state index contributed by atoms with van der Waals surface area (Å²) < 4.78 is 94.7. The van der Waals surface area contributed by atoms with E-state index >= 15 is 0 Å². The molecule has 0 bridgehead atoms. The highest BCUT2D eigenvalue weighted by atomic mass is 32.2. The van der Waals surface area contributed by atoms with E-state index in [1.54, 1.807) is 26.0 Å². The fourth-order valence-corrected chi connectivity index (χ4v) is 8.19. The van der Waals surface area contributed by atoms with E-state index in [0.29, 0.717) is 49.6 Å². The molecule has 2 aliphatic heterocycles. The summed E-state index contributed by atoms with van der Waals surface area (Å²) >= 11 is 0. The van der Waals surface area contributed by atoms with Crippen LogP contribution >= 0.6 is 0 Å². The summed E-state index contributed by atoms with van der Waals surface area (Å²) in [4.78, 5) is 24.1. The molecular weight excluding hydrogens is 747 g/mol. The molecular formula is C36H44F3N7O8S. The van der Waals surface area contributed by atoms with Gasteiger partial charge in [0.25, 0.3) is 0 Å². The van der Waals surface area contributed by atoms with Gasteiger partial charge in [-0.25, -0.2) is 8.42 Å². The molecule has 4 aromatic rings. The number of hydrogen-bond donors (Lipinski definition) is 1. The molecule has 6 rings (SSSR count). The van der Waals surface area contributed by atoms with E-state index in [1.807, 2.05) is 0 Å². The Labute approximate surface area is 316 Å². The van der Waals surface area contributed by atoms with Crippen LogP contribution in [0.2, 0.25) is 0 Å². The predicted octanol–water partition coefficient (Wildman–Crippen LogP) is 4.10. The zero-order valence-electron chi connectivity index (χ0n) is 31.0. The van der Waals surface area contributed by atoms with Crippen LogP contribution in [0.25, 0.3) is 5.65 Å². The lowest BCUT2D eigenvalue weighted by molar-refractivity contribution is -0.147. The van der Waals surface area contributed by atoms with Gasteiger partial charge in [-0.05, 0) is 69.0 Å². The van der Waals surface area contributed by atoms with E-state index in [4.69, 9.17) is 23.9 Å². The second-order valence-corrected chi connectivity index (χ2v) is 15.9. The van der Waals surface area contributed by atoms with Gasteiger partial charge in [-0.3, -0.25) is 19.1 Å². The van der Waals surface area contributed by atoms with Crippen molar-refractivity contribution in [3.05, 3.63) is 70.4 Å². The number of rotatable bonds is 10. The molecule has 0 radical (unpaired) electrons. The third-order valence-corrected chi connectivity index (χ3v) is 11.7. The molecule has 6 heterocycles. The van der Waals surface area contributed by atoms with E-state index in [0.717, 1.165) is 23.7 Å². The highest BCUT2D eigenvalue weighted by Gasteiger charge is 2.42. The minimum Gasteiger partial charge on any atom is -0.481 e. The lowest BCUT2D eigenvalue weighted by Gasteiger charge is -2.32. The first-order valence-electron chi connectivity index (χ1n) is 17.8. The maximum Gasteiger partial charge on any atom is 0.452 e. The van der Waals surface area contributed by atoms with Crippen LogP contribution < -0.4 is 9.47 Å². The van der Waals surface area contributed by atoms with Crippen molar-refractivity contribution in [2.45, 2.75) is 57.7 Å². The summed E-state index contributed by atoms with van der Waals surface area (Å²) in [6.07, 6.45) is -3.24. The monoisotopic (exact) mass is 791 g/mol. The Morgan fingerprint density at radius 2 is 1.71 bits per heavy atom. The Bertz CT molecular complexity index is 2120. The Morgan fingerprint density at radius 3 is 2.44 bits per heavy atom. The van der Waals surface area contributed by atoms with Crippen molar-refractivity contribution >= 4 is 21.6 Å². The van der Waals surface area contributed by atoms with Gasteiger partial charge in [-0.2, -0.15) is 22.5 Å². The van der Waals surface area contributed by atoms with E-state index in [9.17, 15) is 31.5 Å². The van der Waals surface area contributed by atoms with Crippen molar-refractivity contribution < 1.29 is 50.4 Å². The molecule has 2 aliphatic rings. The molecule has 0 amide bonds. The lowest BCUT2D eigenvalue weighted by atomic mass is 9.72. The third kappa shape index (κ3) is 8.70. The second-order valence-electron chi connectivity index (χ2n) is 14.0. The Kier molecular flexibility index (Phi) is 12.0. The van der Waals surface area contributed by atoms with E-state index in [-0.39, 0.29) is 66.5 Å². The largest absolute Gasteiger partial charge is 0.481 e. The number of halogens is 3. The highest BCUT2D eigenvalue weighted by molar-refractivity contribution is 7.89. The Hall–Kier alpha value is -4.43. The lowest BCUT2D eigenvalue weighted by Crippen LogP contribution is -2.38. The number of ether oxygens (including phenoxy) is 4. The number of alkyl halides is 3. The first-order chi connectivity index (χ1) is 26.1. The standard InChI is InChI=1S/C36H44F3N7O8S/c1-23-6-7-26(30(35(3,4)34(47)48)25-10-12-46-31(24(25)2)42-43-33(46)36(37,38)39)40-27(23)22-45-11-5-16-51-20-21-54-32-28(55(45,49)50)8-9-29(41-32)53-19-15-44-13-17-52-18-14-44/h6-10,12,30H,5,11,13-22H2,1-4H3,(H,47,48)/t30-/m0/s1. The predicted molar refractivity (Wildman–Crippen MR) is 190 cm³/mol. The number of carboxylic acid groups (broad SMARTS) is 1. The smallest absolute Gasteiger partial charge is 0.452 e. The molecule has 1 fully saturated rings.